The summed E-state index contributed by atoms with van der Waals surface area (Å²) in [5, 5.41) is 4.56. The third-order valence-corrected chi connectivity index (χ3v) is 2.98. The molecular weight excluding hydrogens is 290 g/mol. The Balaban J connectivity index is 2.45. The zero-order valence-corrected chi connectivity index (χ0v) is 12.4. The summed E-state index contributed by atoms with van der Waals surface area (Å²) in [6, 6.07) is 8.36. The van der Waals surface area contributed by atoms with Crippen LogP contribution < -0.4 is 5.43 Å². The summed E-state index contributed by atoms with van der Waals surface area (Å²) in [7, 11) is 3.56. The summed E-state index contributed by atoms with van der Waals surface area (Å²) >= 11 is 6.09. The normalized spacial score (nSPS) is 10.8. The van der Waals surface area contributed by atoms with Gasteiger partial charge in [-0.1, -0.05) is 23.7 Å². The molecule has 2 aromatic rings. The third kappa shape index (κ3) is 3.58. The Morgan fingerprint density at radius 1 is 1.29 bits per heavy atom. The van der Waals surface area contributed by atoms with Gasteiger partial charge in [-0.3, -0.25) is 9.59 Å². The van der Waals surface area contributed by atoms with Crippen molar-refractivity contribution in [3.8, 4) is 5.69 Å². The zero-order valence-electron chi connectivity index (χ0n) is 11.7. The average molecular weight is 304 g/mol. The molecule has 21 heavy (non-hydrogen) atoms. The van der Waals surface area contributed by atoms with E-state index in [1.807, 2.05) is 0 Å². The maximum absolute atomic E-state index is 12.0. The van der Waals surface area contributed by atoms with Crippen molar-refractivity contribution in [2.75, 3.05) is 14.1 Å². The van der Waals surface area contributed by atoms with Crippen LogP contribution in [0.3, 0.4) is 0 Å². The van der Waals surface area contributed by atoms with E-state index in [1.54, 1.807) is 49.5 Å². The monoisotopic (exact) mass is 303 g/mol. The molecule has 0 amide bonds. The Morgan fingerprint density at radius 3 is 2.67 bits per heavy atom. The molecule has 0 N–H and O–H groups in total. The molecular formula is C15H14ClN3O2. The molecule has 0 aliphatic heterocycles. The molecule has 0 atom stereocenters. The topological polar surface area (TPSA) is 55.2 Å². The number of para-hydroxylation sites is 1. The summed E-state index contributed by atoms with van der Waals surface area (Å²) in [6.07, 6.45) is 4.35. The highest BCUT2D eigenvalue weighted by molar-refractivity contribution is 6.32. The van der Waals surface area contributed by atoms with Gasteiger partial charge < -0.3 is 4.90 Å². The van der Waals surface area contributed by atoms with E-state index in [2.05, 4.69) is 5.10 Å². The highest BCUT2D eigenvalue weighted by Gasteiger charge is 2.11. The fraction of sp³-hybridized carbons (Fsp3) is 0.133. The maximum Gasteiger partial charge on any atom is 0.211 e. The molecule has 0 unspecified atom stereocenters. The second kappa shape index (κ2) is 6.37. The number of benzene rings is 1. The number of carbonyl (C=O) groups is 1. The van der Waals surface area contributed by atoms with E-state index in [4.69, 9.17) is 11.6 Å². The molecule has 0 saturated heterocycles. The van der Waals surface area contributed by atoms with Gasteiger partial charge in [0, 0.05) is 38.6 Å². The summed E-state index contributed by atoms with van der Waals surface area (Å²) in [5.74, 6) is -0.449. The number of nitrogens with zero attached hydrogens (tertiary/aromatic N) is 3. The number of allylic oxidation sites excluding steroid dienone is 1. The Morgan fingerprint density at radius 2 is 2.00 bits per heavy atom. The van der Waals surface area contributed by atoms with Crippen molar-refractivity contribution >= 4 is 17.4 Å². The average Bonchev–Trinajstić information content (AvgIpc) is 2.46. The minimum absolute atomic E-state index is 0.143. The molecule has 0 aliphatic rings. The standard InChI is InChI=1S/C15H14ClN3O2/c1-18(2)9-7-13(20)15-14(21)8-10-19(17-15)12-6-4-3-5-11(12)16/h3-10H,1-2H3/b9-7+. The lowest BCUT2D eigenvalue weighted by Gasteiger charge is -2.08. The maximum atomic E-state index is 12.0. The van der Waals surface area contributed by atoms with Gasteiger partial charge in [-0.05, 0) is 12.1 Å². The summed E-state index contributed by atoms with van der Waals surface area (Å²) in [6.45, 7) is 0. The molecule has 0 aliphatic carbocycles. The van der Waals surface area contributed by atoms with E-state index in [-0.39, 0.29) is 5.69 Å². The van der Waals surface area contributed by atoms with Gasteiger partial charge in [0.05, 0.1) is 10.7 Å². The molecule has 1 heterocycles. The molecule has 0 radical (unpaired) electrons. The zero-order chi connectivity index (χ0) is 15.4. The molecule has 1 aromatic heterocycles. The Labute approximate surface area is 127 Å². The lowest BCUT2D eigenvalue weighted by molar-refractivity contribution is 0.103. The van der Waals surface area contributed by atoms with Crippen molar-refractivity contribution in [2.24, 2.45) is 0 Å². The van der Waals surface area contributed by atoms with Gasteiger partial charge in [-0.25, -0.2) is 4.68 Å². The lowest BCUT2D eigenvalue weighted by Crippen LogP contribution is -2.20. The van der Waals surface area contributed by atoms with Crippen LogP contribution in [0, 0.1) is 0 Å². The Kier molecular flexibility index (Phi) is 4.55. The first kappa shape index (κ1) is 15.0. The van der Waals surface area contributed by atoms with Crippen LogP contribution in [0.4, 0.5) is 0 Å². The van der Waals surface area contributed by atoms with Crippen LogP contribution in [0.15, 0.2) is 53.6 Å². The van der Waals surface area contributed by atoms with Gasteiger partial charge in [0.2, 0.25) is 11.2 Å². The number of halogens is 1. The second-order valence-corrected chi connectivity index (χ2v) is 4.98. The van der Waals surface area contributed by atoms with E-state index in [0.717, 1.165) is 0 Å². The Hall–Kier alpha value is -2.40. The van der Waals surface area contributed by atoms with Crippen LogP contribution in [0.2, 0.25) is 5.02 Å². The van der Waals surface area contributed by atoms with Gasteiger partial charge in [-0.15, -0.1) is 0 Å². The second-order valence-electron chi connectivity index (χ2n) is 4.57. The molecule has 0 spiro atoms. The fourth-order valence-corrected chi connectivity index (χ4v) is 1.87. The molecule has 0 fully saturated rings. The highest BCUT2D eigenvalue weighted by Crippen LogP contribution is 2.18. The minimum atomic E-state index is -0.449. The van der Waals surface area contributed by atoms with E-state index in [9.17, 15) is 9.59 Å². The van der Waals surface area contributed by atoms with E-state index in [1.165, 1.54) is 23.0 Å². The van der Waals surface area contributed by atoms with Crippen molar-refractivity contribution in [3.63, 3.8) is 0 Å². The van der Waals surface area contributed by atoms with Crippen LogP contribution in [0.1, 0.15) is 10.5 Å². The third-order valence-electron chi connectivity index (χ3n) is 2.66. The van der Waals surface area contributed by atoms with Crippen LogP contribution in [-0.4, -0.2) is 34.6 Å². The van der Waals surface area contributed by atoms with E-state index >= 15 is 0 Å². The van der Waals surface area contributed by atoms with Gasteiger partial charge in [-0.2, -0.15) is 5.10 Å². The predicted octanol–water partition coefficient (Wildman–Crippen LogP) is 2.14. The lowest BCUT2D eigenvalue weighted by atomic mass is 10.2. The molecule has 6 heteroatoms. The number of hydrogen-bond donors (Lipinski definition) is 0. The molecule has 1 aromatic carbocycles. The first-order valence-corrected chi connectivity index (χ1v) is 6.60. The number of aromatic nitrogens is 2. The molecule has 2 rings (SSSR count). The van der Waals surface area contributed by atoms with Crippen LogP contribution in [0.25, 0.3) is 5.69 Å². The SMILES string of the molecule is CN(C)/C=C/C(=O)c1nn(-c2ccccc2Cl)ccc1=O. The van der Waals surface area contributed by atoms with E-state index < -0.39 is 11.2 Å². The Bertz CT molecular complexity index is 751. The van der Waals surface area contributed by atoms with Gasteiger partial charge in [0.25, 0.3) is 0 Å². The molecule has 0 bridgehead atoms. The van der Waals surface area contributed by atoms with Crippen molar-refractivity contribution in [1.82, 2.24) is 14.7 Å². The largest absolute Gasteiger partial charge is 0.383 e. The van der Waals surface area contributed by atoms with Crippen molar-refractivity contribution in [3.05, 3.63) is 69.7 Å². The van der Waals surface area contributed by atoms with Gasteiger partial charge in [0.15, 0.2) is 5.69 Å². The minimum Gasteiger partial charge on any atom is -0.383 e. The smallest absolute Gasteiger partial charge is 0.211 e. The quantitative estimate of drug-likeness (QED) is 0.641. The molecule has 108 valence electrons. The van der Waals surface area contributed by atoms with E-state index in [0.29, 0.717) is 10.7 Å². The number of carbonyl (C=O) groups excluding carboxylic acids is 1. The van der Waals surface area contributed by atoms with Crippen LogP contribution in [-0.2, 0) is 0 Å². The highest BCUT2D eigenvalue weighted by atomic mass is 35.5. The van der Waals surface area contributed by atoms with Gasteiger partial charge >= 0.3 is 0 Å². The number of ketones is 1. The van der Waals surface area contributed by atoms with Crippen molar-refractivity contribution < 1.29 is 4.79 Å². The first-order chi connectivity index (χ1) is 9.99. The number of rotatable bonds is 4. The fourth-order valence-electron chi connectivity index (χ4n) is 1.65. The van der Waals surface area contributed by atoms with Gasteiger partial charge in [0.1, 0.15) is 0 Å². The van der Waals surface area contributed by atoms with Crippen molar-refractivity contribution in [2.45, 2.75) is 0 Å². The van der Waals surface area contributed by atoms with Crippen LogP contribution >= 0.6 is 11.6 Å². The summed E-state index contributed by atoms with van der Waals surface area (Å²) in [5.41, 5.74) is 0.0343. The molecule has 0 saturated carbocycles. The summed E-state index contributed by atoms with van der Waals surface area (Å²) < 4.78 is 1.42. The number of hydrogen-bond acceptors (Lipinski definition) is 4. The first-order valence-electron chi connectivity index (χ1n) is 6.23. The summed E-state index contributed by atoms with van der Waals surface area (Å²) in [4.78, 5) is 25.5. The predicted molar refractivity (Wildman–Crippen MR) is 82.0 cm³/mol. The van der Waals surface area contributed by atoms with Crippen molar-refractivity contribution in [1.29, 1.82) is 0 Å². The van der Waals surface area contributed by atoms with Crippen LogP contribution in [0.5, 0.6) is 0 Å². The molecule has 5 nitrogen and oxygen atoms in total.